The van der Waals surface area contributed by atoms with Crippen molar-refractivity contribution in [2.24, 2.45) is 11.5 Å². The standard InChI is InChI=1S/C13H22N4O8/c14-2-4(18)10(20)9(13(23)24)16-12(22)8(15)11(21)5-3-17-6(19)1-7(17)25-5/h4-5,7-11,18,20-21H,1-3,14-15H2,(H,16,22)(H,23,24). The number of amides is 2. The Morgan fingerprint density at radius 1 is 1.36 bits per heavy atom. The van der Waals surface area contributed by atoms with Gasteiger partial charge in [-0.15, -0.1) is 0 Å². The first-order chi connectivity index (χ1) is 11.7. The molecule has 0 spiro atoms. The van der Waals surface area contributed by atoms with Gasteiger partial charge in [0.05, 0.1) is 19.1 Å². The minimum Gasteiger partial charge on any atom is -0.480 e. The van der Waals surface area contributed by atoms with Crippen molar-refractivity contribution in [2.45, 2.75) is 49.1 Å². The second-order valence-electron chi connectivity index (χ2n) is 6.01. The number of nitrogens with one attached hydrogen (secondary N) is 1. The van der Waals surface area contributed by atoms with Gasteiger partial charge in [0.15, 0.2) is 6.04 Å². The zero-order valence-corrected chi connectivity index (χ0v) is 13.2. The minimum absolute atomic E-state index is 0.0719. The summed E-state index contributed by atoms with van der Waals surface area (Å²) in [6, 6.07) is -3.43. The second-order valence-corrected chi connectivity index (χ2v) is 6.01. The molecule has 0 saturated carbocycles. The first kappa shape index (κ1) is 19.5. The van der Waals surface area contributed by atoms with Crippen LogP contribution in [0.4, 0.5) is 0 Å². The van der Waals surface area contributed by atoms with Crippen LogP contribution < -0.4 is 16.8 Å². The number of aliphatic hydroxyl groups is 3. The number of carbonyl (C=O) groups is 3. The fourth-order valence-electron chi connectivity index (χ4n) is 2.68. The van der Waals surface area contributed by atoms with Gasteiger partial charge < -0.3 is 46.8 Å². The van der Waals surface area contributed by atoms with Crippen molar-refractivity contribution in [3.05, 3.63) is 0 Å². The number of nitrogens with two attached hydrogens (primary N) is 2. The van der Waals surface area contributed by atoms with Crippen LogP contribution >= 0.6 is 0 Å². The van der Waals surface area contributed by atoms with Crippen LogP contribution in [0.3, 0.4) is 0 Å². The Balaban J connectivity index is 1.95. The Bertz CT molecular complexity index is 546. The summed E-state index contributed by atoms with van der Waals surface area (Å²) in [5, 5.41) is 40.4. The predicted molar refractivity (Wildman–Crippen MR) is 79.6 cm³/mol. The number of rotatable bonds is 8. The van der Waals surface area contributed by atoms with E-state index >= 15 is 0 Å². The highest BCUT2D eigenvalue weighted by Gasteiger charge is 2.49. The maximum Gasteiger partial charge on any atom is 0.329 e. The van der Waals surface area contributed by atoms with Gasteiger partial charge in [-0.05, 0) is 0 Å². The molecule has 2 aliphatic rings. The molecule has 2 heterocycles. The lowest BCUT2D eigenvalue weighted by Crippen LogP contribution is -2.60. The molecule has 7 atom stereocenters. The van der Waals surface area contributed by atoms with E-state index in [2.05, 4.69) is 0 Å². The molecule has 12 nitrogen and oxygen atoms in total. The number of ether oxygens (including phenoxy) is 1. The highest BCUT2D eigenvalue weighted by molar-refractivity contribution is 5.87. The zero-order chi connectivity index (χ0) is 18.9. The largest absolute Gasteiger partial charge is 0.480 e. The molecule has 142 valence electrons. The molecule has 9 N–H and O–H groups in total. The molecule has 2 aliphatic heterocycles. The van der Waals surface area contributed by atoms with Gasteiger partial charge in [0.2, 0.25) is 11.8 Å². The van der Waals surface area contributed by atoms with E-state index in [-0.39, 0.29) is 18.9 Å². The van der Waals surface area contributed by atoms with Gasteiger partial charge in [0.1, 0.15) is 30.6 Å². The minimum atomic E-state index is -1.87. The number of hydrogen-bond acceptors (Lipinski definition) is 9. The van der Waals surface area contributed by atoms with E-state index in [4.69, 9.17) is 21.3 Å². The Labute approximate surface area is 142 Å². The van der Waals surface area contributed by atoms with Crippen molar-refractivity contribution < 1.29 is 39.5 Å². The van der Waals surface area contributed by atoms with E-state index in [1.165, 1.54) is 4.90 Å². The molecule has 0 aliphatic carbocycles. The van der Waals surface area contributed by atoms with Gasteiger partial charge in [0, 0.05) is 6.54 Å². The summed E-state index contributed by atoms with van der Waals surface area (Å²) in [6.45, 7) is -0.348. The Hall–Kier alpha value is -1.83. The summed E-state index contributed by atoms with van der Waals surface area (Å²) in [4.78, 5) is 36.0. The molecular formula is C13H22N4O8. The lowest BCUT2D eigenvalue weighted by molar-refractivity contribution is -0.159. The average molecular weight is 362 g/mol. The van der Waals surface area contributed by atoms with Crippen LogP contribution in [0.2, 0.25) is 0 Å². The number of hydrogen-bond donors (Lipinski definition) is 7. The van der Waals surface area contributed by atoms with E-state index in [1.807, 2.05) is 5.32 Å². The van der Waals surface area contributed by atoms with Crippen molar-refractivity contribution in [3.8, 4) is 0 Å². The lowest BCUT2D eigenvalue weighted by atomic mass is 10.0. The van der Waals surface area contributed by atoms with Gasteiger partial charge in [0.25, 0.3) is 0 Å². The van der Waals surface area contributed by atoms with Crippen LogP contribution in [0, 0.1) is 0 Å². The Kier molecular flexibility index (Phi) is 5.92. The summed E-state index contributed by atoms with van der Waals surface area (Å²) in [5.74, 6) is -2.81. The van der Waals surface area contributed by atoms with Gasteiger partial charge >= 0.3 is 5.97 Å². The first-order valence-corrected chi connectivity index (χ1v) is 7.65. The predicted octanol–water partition coefficient (Wildman–Crippen LogP) is -5.12. The molecule has 0 radical (unpaired) electrons. The van der Waals surface area contributed by atoms with Gasteiger partial charge in [-0.1, -0.05) is 0 Å². The number of β-lactam (4-membered cyclic amide) rings is 1. The summed E-state index contributed by atoms with van der Waals surface area (Å²) in [5.41, 5.74) is 10.8. The first-order valence-electron chi connectivity index (χ1n) is 7.65. The van der Waals surface area contributed by atoms with E-state index < -0.39 is 61.1 Å². The summed E-state index contributed by atoms with van der Waals surface area (Å²) < 4.78 is 5.39. The average Bonchev–Trinajstić information content (AvgIpc) is 2.93. The maximum atomic E-state index is 12.1. The molecule has 12 heteroatoms. The van der Waals surface area contributed by atoms with Gasteiger partial charge in [-0.3, -0.25) is 9.59 Å². The lowest BCUT2D eigenvalue weighted by Gasteiger charge is -2.31. The van der Waals surface area contributed by atoms with E-state index in [0.29, 0.717) is 0 Å². The smallest absolute Gasteiger partial charge is 0.329 e. The van der Waals surface area contributed by atoms with Gasteiger partial charge in [-0.25, -0.2) is 4.79 Å². The summed E-state index contributed by atoms with van der Waals surface area (Å²) in [6.07, 6.45) is -6.08. The summed E-state index contributed by atoms with van der Waals surface area (Å²) in [7, 11) is 0. The van der Waals surface area contributed by atoms with Gasteiger partial charge in [-0.2, -0.15) is 0 Å². The molecule has 0 aromatic heterocycles. The monoisotopic (exact) mass is 362 g/mol. The fourth-order valence-corrected chi connectivity index (χ4v) is 2.68. The van der Waals surface area contributed by atoms with Crippen LogP contribution in [0.5, 0.6) is 0 Å². The molecule has 2 amide bonds. The zero-order valence-electron chi connectivity index (χ0n) is 13.2. The molecular weight excluding hydrogens is 340 g/mol. The fraction of sp³-hybridized carbons (Fsp3) is 0.769. The molecule has 0 aromatic carbocycles. The van der Waals surface area contributed by atoms with Crippen LogP contribution in [-0.2, 0) is 19.1 Å². The molecule has 0 aromatic rings. The number of carbonyl (C=O) groups excluding carboxylic acids is 2. The third-order valence-electron chi connectivity index (χ3n) is 4.32. The van der Waals surface area contributed by atoms with Crippen molar-refractivity contribution in [1.82, 2.24) is 10.2 Å². The number of fused-ring (bicyclic) bond motifs is 1. The SMILES string of the molecule is NCC(O)C(O)C(NC(=O)C(N)C(O)C1CN2C(=O)CC2O1)C(=O)O. The van der Waals surface area contributed by atoms with Crippen LogP contribution in [0.1, 0.15) is 6.42 Å². The summed E-state index contributed by atoms with van der Waals surface area (Å²) >= 11 is 0. The number of carboxylic acid groups (broad SMARTS) is 1. The van der Waals surface area contributed by atoms with Crippen molar-refractivity contribution in [3.63, 3.8) is 0 Å². The van der Waals surface area contributed by atoms with E-state index in [1.54, 1.807) is 0 Å². The number of carboxylic acids is 1. The molecule has 0 bridgehead atoms. The van der Waals surface area contributed by atoms with Crippen molar-refractivity contribution in [2.75, 3.05) is 13.1 Å². The molecule has 2 fully saturated rings. The van der Waals surface area contributed by atoms with Crippen molar-refractivity contribution in [1.29, 1.82) is 0 Å². The van der Waals surface area contributed by atoms with Crippen LogP contribution in [0.25, 0.3) is 0 Å². The number of nitrogens with zero attached hydrogens (tertiary/aromatic N) is 1. The third kappa shape index (κ3) is 3.89. The van der Waals surface area contributed by atoms with E-state index in [0.717, 1.165) is 0 Å². The topological polar surface area (TPSA) is 209 Å². The van der Waals surface area contributed by atoms with E-state index in [9.17, 15) is 29.7 Å². The molecule has 2 saturated heterocycles. The Morgan fingerprint density at radius 2 is 2.00 bits per heavy atom. The van der Waals surface area contributed by atoms with Crippen LogP contribution in [0.15, 0.2) is 0 Å². The third-order valence-corrected chi connectivity index (χ3v) is 4.32. The molecule has 25 heavy (non-hydrogen) atoms. The molecule has 2 rings (SSSR count). The maximum absolute atomic E-state index is 12.1. The quantitative estimate of drug-likeness (QED) is 0.204. The number of aliphatic hydroxyl groups excluding tert-OH is 3. The highest BCUT2D eigenvalue weighted by Crippen LogP contribution is 2.30. The normalized spacial score (nSPS) is 28.4. The molecule has 7 unspecified atom stereocenters. The number of aliphatic carboxylic acids is 1. The Morgan fingerprint density at radius 3 is 2.48 bits per heavy atom. The second kappa shape index (κ2) is 7.59. The van der Waals surface area contributed by atoms with Crippen molar-refractivity contribution >= 4 is 17.8 Å². The van der Waals surface area contributed by atoms with Crippen LogP contribution in [-0.4, -0.2) is 98.9 Å². The highest BCUT2D eigenvalue weighted by atomic mass is 16.5.